The van der Waals surface area contributed by atoms with Crippen LogP contribution in [0.4, 0.5) is 15.8 Å². The summed E-state index contributed by atoms with van der Waals surface area (Å²) in [5.74, 6) is 0.553. The van der Waals surface area contributed by atoms with Crippen LogP contribution in [0.5, 0.6) is 17.2 Å². The fraction of sp³-hybridized carbons (Fsp3) is 0.278. The summed E-state index contributed by atoms with van der Waals surface area (Å²) in [4.78, 5) is 13.9. The summed E-state index contributed by atoms with van der Waals surface area (Å²) in [6, 6.07) is 7.92. The molecule has 0 aromatic heterocycles. The van der Waals surface area contributed by atoms with Crippen LogP contribution >= 0.6 is 15.9 Å². The van der Waals surface area contributed by atoms with Gasteiger partial charge in [0, 0.05) is 29.3 Å². The highest BCUT2D eigenvalue weighted by atomic mass is 79.9. The van der Waals surface area contributed by atoms with Crippen LogP contribution in [0.3, 0.4) is 0 Å². The first-order chi connectivity index (χ1) is 12.4. The van der Waals surface area contributed by atoms with E-state index in [9.17, 15) is 9.18 Å². The monoisotopic (exact) mass is 426 g/mol. The number of methoxy groups -OCH3 is 3. The molecule has 0 fully saturated rings. The number of nitrogens with zero attached hydrogens (tertiary/aromatic N) is 1. The van der Waals surface area contributed by atoms with Gasteiger partial charge in [-0.05, 0) is 18.2 Å². The molecule has 140 valence electrons. The topological polar surface area (TPSA) is 60.0 Å². The summed E-state index contributed by atoms with van der Waals surface area (Å²) in [6.45, 7) is -0.0325. The average Bonchev–Trinajstić information content (AvgIpc) is 2.60. The van der Waals surface area contributed by atoms with Crippen LogP contribution in [0.1, 0.15) is 0 Å². The van der Waals surface area contributed by atoms with Crippen LogP contribution in [0.25, 0.3) is 0 Å². The zero-order valence-electron chi connectivity index (χ0n) is 14.9. The van der Waals surface area contributed by atoms with Crippen molar-refractivity contribution in [1.82, 2.24) is 0 Å². The van der Waals surface area contributed by atoms with Crippen LogP contribution in [-0.4, -0.2) is 40.8 Å². The first kappa shape index (κ1) is 19.8. The minimum Gasteiger partial charge on any atom is -0.493 e. The van der Waals surface area contributed by atoms with Gasteiger partial charge in [-0.3, -0.25) is 4.79 Å². The lowest BCUT2D eigenvalue weighted by Crippen LogP contribution is -2.30. The van der Waals surface area contributed by atoms with Gasteiger partial charge < -0.3 is 24.4 Å². The van der Waals surface area contributed by atoms with Crippen molar-refractivity contribution in [3.05, 3.63) is 40.6 Å². The number of anilines is 2. The maximum Gasteiger partial charge on any atom is 0.243 e. The number of hydrogen-bond acceptors (Lipinski definition) is 5. The predicted octanol–water partition coefficient (Wildman–Crippen LogP) is 3.69. The number of rotatable bonds is 7. The van der Waals surface area contributed by atoms with E-state index in [1.165, 1.54) is 32.3 Å². The smallest absolute Gasteiger partial charge is 0.243 e. The van der Waals surface area contributed by atoms with E-state index in [-0.39, 0.29) is 12.5 Å². The normalized spacial score (nSPS) is 10.2. The van der Waals surface area contributed by atoms with Gasteiger partial charge in [0.25, 0.3) is 0 Å². The van der Waals surface area contributed by atoms with Crippen LogP contribution in [0.2, 0.25) is 0 Å². The van der Waals surface area contributed by atoms with Crippen LogP contribution in [0, 0.1) is 5.82 Å². The third-order valence-electron chi connectivity index (χ3n) is 3.65. The van der Waals surface area contributed by atoms with E-state index < -0.39 is 5.82 Å². The maximum atomic E-state index is 14.0. The minimum absolute atomic E-state index is 0.0325. The lowest BCUT2D eigenvalue weighted by Gasteiger charge is -2.20. The molecule has 26 heavy (non-hydrogen) atoms. The fourth-order valence-corrected chi connectivity index (χ4v) is 2.78. The summed E-state index contributed by atoms with van der Waals surface area (Å²) in [5, 5.41) is 2.75. The highest BCUT2D eigenvalue weighted by Crippen LogP contribution is 2.39. The predicted molar refractivity (Wildman–Crippen MR) is 102 cm³/mol. The van der Waals surface area contributed by atoms with E-state index in [1.807, 2.05) is 0 Å². The molecular weight excluding hydrogens is 407 g/mol. The lowest BCUT2D eigenvalue weighted by molar-refractivity contribution is -0.114. The maximum absolute atomic E-state index is 14.0. The standard InChI is InChI=1S/C18H20BrFN2O4/c1-22(14-6-5-11(19)7-13(14)20)10-17(23)21-12-8-15(24-2)18(26-4)16(9-12)25-3/h5-9H,10H2,1-4H3,(H,21,23). The highest BCUT2D eigenvalue weighted by molar-refractivity contribution is 9.10. The highest BCUT2D eigenvalue weighted by Gasteiger charge is 2.16. The number of likely N-dealkylation sites (N-methyl/N-ethyl adjacent to an activating group) is 1. The molecule has 2 aromatic carbocycles. The SMILES string of the molecule is COc1cc(NC(=O)CN(C)c2ccc(Br)cc2F)cc(OC)c1OC. The minimum atomic E-state index is -0.414. The molecule has 1 amide bonds. The molecule has 0 saturated carbocycles. The Balaban J connectivity index is 2.14. The van der Waals surface area contributed by atoms with E-state index in [0.29, 0.717) is 33.1 Å². The summed E-state index contributed by atoms with van der Waals surface area (Å²) >= 11 is 3.21. The number of halogens is 2. The van der Waals surface area contributed by atoms with Gasteiger partial charge in [0.2, 0.25) is 11.7 Å². The van der Waals surface area contributed by atoms with E-state index in [2.05, 4.69) is 21.2 Å². The molecule has 0 heterocycles. The largest absolute Gasteiger partial charge is 0.493 e. The molecule has 0 spiro atoms. The molecule has 0 aliphatic carbocycles. The Labute approximate surface area is 160 Å². The van der Waals surface area contributed by atoms with Gasteiger partial charge in [-0.25, -0.2) is 4.39 Å². The van der Waals surface area contributed by atoms with Gasteiger partial charge in [-0.1, -0.05) is 15.9 Å². The van der Waals surface area contributed by atoms with E-state index in [0.717, 1.165) is 0 Å². The van der Waals surface area contributed by atoms with Crippen molar-refractivity contribution in [3.8, 4) is 17.2 Å². The van der Waals surface area contributed by atoms with Gasteiger partial charge in [0.1, 0.15) is 5.82 Å². The van der Waals surface area contributed by atoms with Crippen LogP contribution < -0.4 is 24.4 Å². The van der Waals surface area contributed by atoms with Crippen molar-refractivity contribution in [2.45, 2.75) is 0 Å². The van der Waals surface area contributed by atoms with Crippen LogP contribution in [-0.2, 0) is 4.79 Å². The molecule has 0 atom stereocenters. The Morgan fingerprint density at radius 3 is 2.23 bits per heavy atom. The van der Waals surface area contributed by atoms with Gasteiger partial charge in [0.05, 0.1) is 33.6 Å². The number of carbonyl (C=O) groups is 1. The van der Waals surface area contributed by atoms with Gasteiger partial charge in [0.15, 0.2) is 11.5 Å². The molecule has 1 N–H and O–H groups in total. The molecule has 6 nitrogen and oxygen atoms in total. The fourth-order valence-electron chi connectivity index (χ4n) is 2.45. The molecule has 0 radical (unpaired) electrons. The number of benzene rings is 2. The van der Waals surface area contributed by atoms with Crippen molar-refractivity contribution >= 4 is 33.2 Å². The van der Waals surface area contributed by atoms with Crippen LogP contribution in [0.15, 0.2) is 34.8 Å². The average molecular weight is 427 g/mol. The second kappa shape index (κ2) is 8.75. The summed E-state index contributed by atoms with van der Waals surface area (Å²) < 4.78 is 30.4. The molecule has 8 heteroatoms. The Morgan fingerprint density at radius 2 is 1.73 bits per heavy atom. The Morgan fingerprint density at radius 1 is 1.12 bits per heavy atom. The molecular formula is C18H20BrFN2O4. The van der Waals surface area contributed by atoms with Crippen molar-refractivity contribution in [1.29, 1.82) is 0 Å². The first-order valence-electron chi connectivity index (χ1n) is 7.65. The third-order valence-corrected chi connectivity index (χ3v) is 4.14. The number of nitrogens with one attached hydrogen (secondary N) is 1. The summed E-state index contributed by atoms with van der Waals surface area (Å²) in [5.41, 5.74) is 0.808. The van der Waals surface area contributed by atoms with E-state index in [1.54, 1.807) is 31.3 Å². The summed E-state index contributed by atoms with van der Waals surface area (Å²) in [6.07, 6.45) is 0. The van der Waals surface area contributed by atoms with Gasteiger partial charge in [-0.2, -0.15) is 0 Å². The number of amides is 1. The Hall–Kier alpha value is -2.48. The third kappa shape index (κ3) is 4.57. The molecule has 2 aromatic rings. The van der Waals surface area contributed by atoms with E-state index >= 15 is 0 Å². The van der Waals surface area contributed by atoms with E-state index in [4.69, 9.17) is 14.2 Å². The van der Waals surface area contributed by atoms with Gasteiger partial charge >= 0.3 is 0 Å². The number of ether oxygens (including phenoxy) is 3. The van der Waals surface area contributed by atoms with Gasteiger partial charge in [-0.15, -0.1) is 0 Å². The molecule has 0 saturated heterocycles. The molecule has 0 unspecified atom stereocenters. The lowest BCUT2D eigenvalue weighted by atomic mass is 10.2. The molecule has 0 aliphatic heterocycles. The molecule has 2 rings (SSSR count). The Bertz CT molecular complexity index is 776. The zero-order valence-corrected chi connectivity index (χ0v) is 16.5. The number of carbonyl (C=O) groups excluding carboxylic acids is 1. The van der Waals surface area contributed by atoms with Crippen molar-refractivity contribution in [3.63, 3.8) is 0 Å². The van der Waals surface area contributed by atoms with Crippen molar-refractivity contribution in [2.24, 2.45) is 0 Å². The second-order valence-corrected chi connectivity index (χ2v) is 6.33. The second-order valence-electron chi connectivity index (χ2n) is 5.41. The van der Waals surface area contributed by atoms with Crippen molar-refractivity contribution in [2.75, 3.05) is 45.1 Å². The number of hydrogen-bond donors (Lipinski definition) is 1. The summed E-state index contributed by atoms with van der Waals surface area (Å²) in [7, 11) is 6.13. The zero-order chi connectivity index (χ0) is 19.3. The van der Waals surface area contributed by atoms with Crippen molar-refractivity contribution < 1.29 is 23.4 Å². The quantitative estimate of drug-likeness (QED) is 0.731. The molecule has 0 aliphatic rings. The molecule has 0 bridgehead atoms. The first-order valence-corrected chi connectivity index (χ1v) is 8.45. The Kier molecular flexibility index (Phi) is 6.68.